The summed E-state index contributed by atoms with van der Waals surface area (Å²) in [6.07, 6.45) is 3.33. The number of hydrogen-bond donors (Lipinski definition) is 2. The van der Waals surface area contributed by atoms with E-state index in [9.17, 15) is 14.7 Å². The smallest absolute Gasteiger partial charge is 0.335 e. The maximum atomic E-state index is 11.3. The zero-order chi connectivity index (χ0) is 28.9. The molecular formula is C34H37NO5S. The molecule has 0 fully saturated rings. The minimum atomic E-state index is -0.948. The van der Waals surface area contributed by atoms with E-state index in [0.717, 1.165) is 30.4 Å². The van der Waals surface area contributed by atoms with Gasteiger partial charge in [-0.2, -0.15) is 0 Å². The lowest BCUT2D eigenvalue weighted by Crippen LogP contribution is -2.30. The minimum Gasteiger partial charge on any atom is -0.481 e. The van der Waals surface area contributed by atoms with E-state index in [1.54, 1.807) is 23.5 Å². The maximum absolute atomic E-state index is 11.3. The molecule has 1 atom stereocenters. The summed E-state index contributed by atoms with van der Waals surface area (Å²) in [5, 5.41) is 18.3. The molecule has 41 heavy (non-hydrogen) atoms. The standard InChI is InChI=1S/C34H37NO5S/c36-33(37)13-7-8-22-35(23-27-14-17-29(18-15-27)34(38)39)24-32(28-11-5-2-6-12-28)40-25-31-21-20-30(41-31)19-16-26-9-3-1-4-10-26/h1-6,9-12,14-15,17-18,20-21,32H,7-8,13,16,19,22-25H2,(H,36,37)(H,38,39)/t32-/m0/s1. The molecule has 0 amide bonds. The van der Waals surface area contributed by atoms with Crippen LogP contribution in [-0.2, 0) is 35.5 Å². The Bertz CT molecular complexity index is 1350. The van der Waals surface area contributed by atoms with Crippen molar-refractivity contribution >= 4 is 23.3 Å². The quantitative estimate of drug-likeness (QED) is 0.130. The van der Waals surface area contributed by atoms with Crippen molar-refractivity contribution in [2.45, 2.75) is 51.4 Å². The zero-order valence-corrected chi connectivity index (χ0v) is 24.0. The zero-order valence-electron chi connectivity index (χ0n) is 23.2. The van der Waals surface area contributed by atoms with Crippen LogP contribution in [0.15, 0.2) is 97.1 Å². The normalized spacial score (nSPS) is 11.9. The molecule has 0 saturated carbocycles. The molecule has 0 radical (unpaired) electrons. The van der Waals surface area contributed by atoms with Gasteiger partial charge in [-0.1, -0.05) is 72.8 Å². The lowest BCUT2D eigenvalue weighted by atomic mass is 10.1. The fourth-order valence-corrected chi connectivity index (χ4v) is 5.68. The van der Waals surface area contributed by atoms with Gasteiger partial charge in [0.2, 0.25) is 0 Å². The van der Waals surface area contributed by atoms with Gasteiger partial charge in [0.15, 0.2) is 0 Å². The van der Waals surface area contributed by atoms with Crippen molar-refractivity contribution in [3.8, 4) is 0 Å². The van der Waals surface area contributed by atoms with Crippen molar-refractivity contribution in [2.24, 2.45) is 0 Å². The largest absolute Gasteiger partial charge is 0.481 e. The molecular weight excluding hydrogens is 534 g/mol. The van der Waals surface area contributed by atoms with Crippen LogP contribution >= 0.6 is 11.3 Å². The number of nitrogens with zero attached hydrogens (tertiary/aromatic N) is 1. The van der Waals surface area contributed by atoms with Crippen LogP contribution in [0.2, 0.25) is 0 Å². The summed E-state index contributed by atoms with van der Waals surface area (Å²) >= 11 is 1.79. The number of hydrogen-bond acceptors (Lipinski definition) is 5. The molecule has 0 bridgehead atoms. The molecule has 4 rings (SSSR count). The van der Waals surface area contributed by atoms with E-state index >= 15 is 0 Å². The lowest BCUT2D eigenvalue weighted by Gasteiger charge is -2.28. The van der Waals surface area contributed by atoms with Crippen molar-refractivity contribution in [3.05, 3.63) is 129 Å². The molecule has 1 heterocycles. The average Bonchev–Trinajstić information content (AvgIpc) is 3.45. The lowest BCUT2D eigenvalue weighted by molar-refractivity contribution is -0.137. The third-order valence-electron chi connectivity index (χ3n) is 6.96. The van der Waals surface area contributed by atoms with E-state index in [1.807, 2.05) is 36.4 Å². The molecule has 214 valence electrons. The summed E-state index contributed by atoms with van der Waals surface area (Å²) in [4.78, 5) is 27.1. The van der Waals surface area contributed by atoms with Crippen LogP contribution in [0.1, 0.15) is 62.2 Å². The van der Waals surface area contributed by atoms with Crippen molar-refractivity contribution in [2.75, 3.05) is 13.1 Å². The first kappa shape index (κ1) is 30.2. The third kappa shape index (κ3) is 10.3. The first-order valence-corrected chi connectivity index (χ1v) is 14.8. The number of unbranched alkanes of at least 4 members (excludes halogenated alkanes) is 1. The van der Waals surface area contributed by atoms with Crippen molar-refractivity contribution in [3.63, 3.8) is 0 Å². The number of aromatic carboxylic acids is 1. The predicted octanol–water partition coefficient (Wildman–Crippen LogP) is 7.25. The van der Waals surface area contributed by atoms with Gasteiger partial charge < -0.3 is 14.9 Å². The van der Waals surface area contributed by atoms with Crippen LogP contribution in [0.25, 0.3) is 0 Å². The fraction of sp³-hybridized carbons (Fsp3) is 0.294. The molecule has 0 unspecified atom stereocenters. The van der Waals surface area contributed by atoms with E-state index < -0.39 is 11.9 Å². The molecule has 0 saturated heterocycles. The van der Waals surface area contributed by atoms with Gasteiger partial charge in [0.25, 0.3) is 0 Å². The topological polar surface area (TPSA) is 87.1 Å². The second-order valence-corrected chi connectivity index (χ2v) is 11.4. The van der Waals surface area contributed by atoms with Gasteiger partial charge in [0.05, 0.1) is 18.3 Å². The second-order valence-electron chi connectivity index (χ2n) is 10.2. The molecule has 6 nitrogen and oxygen atoms in total. The summed E-state index contributed by atoms with van der Waals surface area (Å²) < 4.78 is 6.55. The molecule has 0 aliphatic heterocycles. The van der Waals surface area contributed by atoms with Crippen LogP contribution in [0.5, 0.6) is 0 Å². The van der Waals surface area contributed by atoms with Gasteiger partial charge >= 0.3 is 11.9 Å². The molecule has 3 aromatic carbocycles. The van der Waals surface area contributed by atoms with Crippen molar-refractivity contribution in [1.29, 1.82) is 0 Å². The SMILES string of the molecule is O=C(O)CCCCN(Cc1ccc(C(=O)O)cc1)C[C@H](OCc1ccc(CCc2ccccc2)s1)c1ccccc1. The molecule has 4 aromatic rings. The average molecular weight is 572 g/mol. The van der Waals surface area contributed by atoms with Crippen LogP contribution < -0.4 is 0 Å². The summed E-state index contributed by atoms with van der Waals surface area (Å²) in [7, 11) is 0. The van der Waals surface area contributed by atoms with Gasteiger partial charge in [-0.3, -0.25) is 9.69 Å². The Hall–Kier alpha value is -3.78. The van der Waals surface area contributed by atoms with Crippen LogP contribution in [0.3, 0.4) is 0 Å². The molecule has 7 heteroatoms. The molecule has 1 aromatic heterocycles. The van der Waals surface area contributed by atoms with E-state index in [2.05, 4.69) is 53.4 Å². The van der Waals surface area contributed by atoms with E-state index in [4.69, 9.17) is 9.84 Å². The van der Waals surface area contributed by atoms with Crippen LogP contribution in [0.4, 0.5) is 0 Å². The Balaban J connectivity index is 1.42. The Morgan fingerprint density at radius 2 is 1.44 bits per heavy atom. The van der Waals surface area contributed by atoms with Crippen molar-refractivity contribution < 1.29 is 24.5 Å². The number of ether oxygens (including phenoxy) is 1. The Labute approximate surface area is 245 Å². The van der Waals surface area contributed by atoms with Crippen LogP contribution in [-0.4, -0.2) is 40.1 Å². The summed E-state index contributed by atoms with van der Waals surface area (Å²) in [6, 6.07) is 32.0. The van der Waals surface area contributed by atoms with Gasteiger partial charge in [-0.25, -0.2) is 4.79 Å². The van der Waals surface area contributed by atoms with Gasteiger partial charge in [0, 0.05) is 29.3 Å². The Morgan fingerprint density at radius 3 is 2.12 bits per heavy atom. The number of thiophene rings is 1. The van der Waals surface area contributed by atoms with E-state index in [1.165, 1.54) is 15.3 Å². The number of benzene rings is 3. The highest BCUT2D eigenvalue weighted by molar-refractivity contribution is 7.11. The number of carboxylic acid groups (broad SMARTS) is 2. The number of aryl methyl sites for hydroxylation is 2. The Kier molecular flexibility index (Phi) is 11.7. The Morgan fingerprint density at radius 1 is 0.756 bits per heavy atom. The van der Waals surface area contributed by atoms with Gasteiger partial charge in [-0.05, 0) is 73.2 Å². The van der Waals surface area contributed by atoms with Crippen LogP contribution in [0, 0.1) is 0 Å². The number of rotatable bonds is 17. The van der Waals surface area contributed by atoms with Gasteiger partial charge in [-0.15, -0.1) is 11.3 Å². The molecule has 2 N–H and O–H groups in total. The fourth-order valence-electron chi connectivity index (χ4n) is 4.74. The monoisotopic (exact) mass is 571 g/mol. The minimum absolute atomic E-state index is 0.144. The predicted molar refractivity (Wildman–Crippen MR) is 162 cm³/mol. The third-order valence-corrected chi connectivity index (χ3v) is 8.08. The first-order valence-electron chi connectivity index (χ1n) is 14.0. The highest BCUT2D eigenvalue weighted by Gasteiger charge is 2.18. The molecule has 0 aliphatic carbocycles. The highest BCUT2D eigenvalue weighted by Crippen LogP contribution is 2.25. The highest BCUT2D eigenvalue weighted by atomic mass is 32.1. The molecule has 0 aliphatic rings. The maximum Gasteiger partial charge on any atom is 0.335 e. The summed E-state index contributed by atoms with van der Waals surface area (Å²) in [5.41, 5.74) is 3.68. The first-order chi connectivity index (χ1) is 20.0. The van der Waals surface area contributed by atoms with E-state index in [0.29, 0.717) is 32.7 Å². The number of aliphatic carboxylic acids is 1. The number of carboxylic acids is 2. The summed E-state index contributed by atoms with van der Waals surface area (Å²) in [6.45, 7) is 2.46. The summed E-state index contributed by atoms with van der Waals surface area (Å²) in [5.74, 6) is -1.73. The van der Waals surface area contributed by atoms with E-state index in [-0.39, 0.29) is 18.1 Å². The second kappa shape index (κ2) is 15.9. The van der Waals surface area contributed by atoms with Crippen molar-refractivity contribution in [1.82, 2.24) is 4.90 Å². The van der Waals surface area contributed by atoms with Gasteiger partial charge in [0.1, 0.15) is 0 Å². The number of carbonyl (C=O) groups is 2. The molecule has 0 spiro atoms.